The summed E-state index contributed by atoms with van der Waals surface area (Å²) in [5.74, 6) is 0.451. The number of aliphatic hydroxyl groups excluding tert-OH is 1. The fourth-order valence-corrected chi connectivity index (χ4v) is 4.30. The zero-order valence-corrected chi connectivity index (χ0v) is 22.3. The Hall–Kier alpha value is -3.34. The van der Waals surface area contributed by atoms with E-state index in [1.807, 2.05) is 0 Å². The predicted octanol–water partition coefficient (Wildman–Crippen LogP) is 1.21. The number of hydrogen-bond donors (Lipinski definition) is 6. The number of unbranched alkanes of at least 4 members (excludes halogenated alkanes) is 2. The summed E-state index contributed by atoms with van der Waals surface area (Å²) in [6.45, 7) is 2.51. The molecule has 1 fully saturated rings. The van der Waals surface area contributed by atoms with Crippen molar-refractivity contribution in [3.05, 3.63) is 18.2 Å². The molecular weight excluding hydrogens is 539 g/mol. The summed E-state index contributed by atoms with van der Waals surface area (Å²) in [5, 5.41) is 26.2. The van der Waals surface area contributed by atoms with Crippen molar-refractivity contribution >= 4 is 31.3 Å². The summed E-state index contributed by atoms with van der Waals surface area (Å²) in [4.78, 5) is 54.0. The van der Waals surface area contributed by atoms with Crippen LogP contribution in [0, 0.1) is 12.3 Å². The van der Waals surface area contributed by atoms with Crippen molar-refractivity contribution in [1.82, 2.24) is 5.32 Å². The predicted molar refractivity (Wildman–Crippen MR) is 136 cm³/mol. The molecule has 6 N–H and O–H groups in total. The third-order valence-corrected chi connectivity index (χ3v) is 6.27. The van der Waals surface area contributed by atoms with Crippen molar-refractivity contribution in [2.45, 2.75) is 70.2 Å². The number of carbonyl (C=O) groups is 3. The second-order valence-corrected chi connectivity index (χ2v) is 10.5. The van der Waals surface area contributed by atoms with Gasteiger partial charge in [0.25, 0.3) is 0 Å². The molecule has 15 heteroatoms. The Morgan fingerprint density at radius 2 is 1.79 bits per heavy atom. The van der Waals surface area contributed by atoms with Crippen LogP contribution in [0.5, 0.6) is 11.5 Å². The van der Waals surface area contributed by atoms with Gasteiger partial charge in [0.2, 0.25) is 12.4 Å². The Morgan fingerprint density at radius 3 is 2.38 bits per heavy atom. The second kappa shape index (κ2) is 14.7. The van der Waals surface area contributed by atoms with Crippen molar-refractivity contribution in [2.75, 3.05) is 18.0 Å². The molecule has 0 aliphatic carbocycles. The Balaban J connectivity index is 2.20. The minimum Gasteiger partial charge on any atom is -0.506 e. The van der Waals surface area contributed by atoms with Crippen LogP contribution >= 0.6 is 7.60 Å². The lowest BCUT2D eigenvalue weighted by Crippen LogP contribution is -2.61. The van der Waals surface area contributed by atoms with Crippen LogP contribution in [-0.2, 0) is 28.4 Å². The van der Waals surface area contributed by atoms with Gasteiger partial charge < -0.3 is 49.6 Å². The molecule has 0 aromatic heterocycles. The fraction of sp³-hybridized carbons (Fsp3) is 0.542. The summed E-state index contributed by atoms with van der Waals surface area (Å²) in [6, 6.07) is 3.26. The van der Waals surface area contributed by atoms with E-state index >= 15 is 0 Å². The number of carbonyl (C=O) groups excluding carboxylic acids is 3. The lowest BCUT2D eigenvalue weighted by Gasteiger charge is -2.43. The van der Waals surface area contributed by atoms with Crippen molar-refractivity contribution in [2.24, 2.45) is 0 Å². The van der Waals surface area contributed by atoms with Gasteiger partial charge in [0.05, 0.1) is 18.0 Å². The maximum atomic E-state index is 12.1. The molecule has 5 atom stereocenters. The Morgan fingerprint density at radius 1 is 1.13 bits per heavy atom. The number of rotatable bonds is 12. The van der Waals surface area contributed by atoms with Crippen LogP contribution in [-0.4, -0.2) is 81.4 Å². The van der Waals surface area contributed by atoms with Crippen LogP contribution in [0.25, 0.3) is 0 Å². The van der Waals surface area contributed by atoms with Gasteiger partial charge in [0, 0.05) is 32.9 Å². The molecule has 216 valence electrons. The minimum absolute atomic E-state index is 0.0263. The first-order valence-corrected chi connectivity index (χ1v) is 13.8. The van der Waals surface area contributed by atoms with E-state index in [1.165, 1.54) is 12.1 Å². The molecule has 0 bridgehead atoms. The van der Waals surface area contributed by atoms with E-state index in [1.54, 1.807) is 0 Å². The highest BCUT2D eigenvalue weighted by molar-refractivity contribution is 7.51. The van der Waals surface area contributed by atoms with Gasteiger partial charge >= 0.3 is 25.6 Å². The van der Waals surface area contributed by atoms with Crippen LogP contribution in [0.1, 0.15) is 39.5 Å². The van der Waals surface area contributed by atoms with E-state index in [-0.39, 0.29) is 23.6 Å². The van der Waals surface area contributed by atoms with Gasteiger partial charge in [0.15, 0.2) is 6.10 Å². The molecule has 39 heavy (non-hydrogen) atoms. The van der Waals surface area contributed by atoms with E-state index in [0.717, 1.165) is 26.3 Å². The fourth-order valence-electron chi connectivity index (χ4n) is 3.71. The summed E-state index contributed by atoms with van der Waals surface area (Å²) in [6.07, 6.45) is -1.18. The zero-order chi connectivity index (χ0) is 29.2. The molecular formula is C24H33N2O12P. The number of phenols is 1. The largest absolute Gasteiger partial charge is 0.506 e. The number of benzene rings is 1. The third kappa shape index (κ3) is 10.7. The molecule has 1 aliphatic heterocycles. The number of phenolic OH excluding ortho intramolecular Hbond substituents is 1. The molecule has 2 rings (SSSR count). The molecule has 0 spiro atoms. The van der Waals surface area contributed by atoms with Crippen molar-refractivity contribution in [3.63, 3.8) is 0 Å². The van der Waals surface area contributed by atoms with Crippen LogP contribution in [0.15, 0.2) is 18.2 Å². The van der Waals surface area contributed by atoms with Crippen LogP contribution in [0.4, 0.5) is 10.5 Å². The van der Waals surface area contributed by atoms with Gasteiger partial charge in [-0.25, -0.2) is 4.79 Å². The average molecular weight is 573 g/mol. The first-order valence-electron chi connectivity index (χ1n) is 12.0. The molecule has 0 unspecified atom stereocenters. The number of aliphatic hydroxyl groups is 1. The van der Waals surface area contributed by atoms with Crippen LogP contribution in [0.3, 0.4) is 0 Å². The van der Waals surface area contributed by atoms with E-state index in [4.69, 9.17) is 25.4 Å². The SMILES string of the molecule is C#CCCCCNC(=O)Nc1ccc(O[C@H]2O[C@H](CCP(=O)(O)O)[C@@H](O)[C@H](OC(C)=O)[C@@H]2OC(C)=O)cc1O. The molecule has 1 aromatic carbocycles. The molecule has 14 nitrogen and oxygen atoms in total. The third-order valence-electron chi connectivity index (χ3n) is 5.43. The standard InChI is InChI=1S/C24H33N2O12P/c1-4-5-6-7-11-25-24(31)26-17-9-8-16(13-18(17)29)37-23-22(36-15(3)28)21(35-14(2)27)20(30)19(38-23)10-12-39(32,33)34/h1,8-9,13,19-23,29-30H,5-7,10-12H2,2-3H3,(H2,25,26,31)(H2,32,33,34)/t19-,20-,21+,22+,23+/m1/s1. The number of urea groups is 1. The molecule has 2 amide bonds. The zero-order valence-electron chi connectivity index (χ0n) is 21.4. The number of hydrogen-bond acceptors (Lipinski definition) is 10. The van der Waals surface area contributed by atoms with Gasteiger partial charge in [-0.3, -0.25) is 14.2 Å². The van der Waals surface area contributed by atoms with Crippen LogP contribution in [0.2, 0.25) is 0 Å². The van der Waals surface area contributed by atoms with Crippen molar-refractivity contribution in [1.29, 1.82) is 0 Å². The number of nitrogens with one attached hydrogen (secondary N) is 2. The number of ether oxygens (including phenoxy) is 4. The van der Waals surface area contributed by atoms with E-state index in [9.17, 15) is 38.9 Å². The van der Waals surface area contributed by atoms with E-state index in [0.29, 0.717) is 19.4 Å². The molecule has 0 saturated carbocycles. The second-order valence-electron chi connectivity index (χ2n) is 8.70. The highest BCUT2D eigenvalue weighted by atomic mass is 31.2. The lowest BCUT2D eigenvalue weighted by molar-refractivity contribution is -0.280. The number of esters is 2. The monoisotopic (exact) mass is 572 g/mol. The first-order chi connectivity index (χ1) is 18.3. The van der Waals surface area contributed by atoms with Gasteiger partial charge in [-0.05, 0) is 31.4 Å². The van der Waals surface area contributed by atoms with E-state index < -0.39 is 62.4 Å². The van der Waals surface area contributed by atoms with Gasteiger partial charge in [-0.2, -0.15) is 0 Å². The topological polar surface area (TPSA) is 210 Å². The number of anilines is 1. The summed E-state index contributed by atoms with van der Waals surface area (Å²) in [7, 11) is -4.47. The Labute approximate surface area is 225 Å². The molecule has 1 aromatic rings. The maximum absolute atomic E-state index is 12.1. The average Bonchev–Trinajstić information content (AvgIpc) is 2.82. The normalized spacial score (nSPS) is 22.7. The smallest absolute Gasteiger partial charge is 0.325 e. The Bertz CT molecular complexity index is 1100. The lowest BCUT2D eigenvalue weighted by atomic mass is 9.96. The minimum atomic E-state index is -4.47. The first kappa shape index (κ1) is 31.9. The maximum Gasteiger partial charge on any atom is 0.325 e. The summed E-state index contributed by atoms with van der Waals surface area (Å²) < 4.78 is 33.1. The van der Waals surface area contributed by atoms with Crippen molar-refractivity contribution in [3.8, 4) is 23.8 Å². The number of aromatic hydroxyl groups is 1. The summed E-state index contributed by atoms with van der Waals surface area (Å²) >= 11 is 0. The quantitative estimate of drug-likeness (QED) is 0.0686. The molecule has 1 saturated heterocycles. The number of terminal acetylenes is 1. The molecule has 0 radical (unpaired) electrons. The highest BCUT2D eigenvalue weighted by Gasteiger charge is 2.50. The van der Waals surface area contributed by atoms with E-state index in [2.05, 4.69) is 16.6 Å². The van der Waals surface area contributed by atoms with Gasteiger partial charge in [0.1, 0.15) is 17.6 Å². The van der Waals surface area contributed by atoms with Gasteiger partial charge in [-0.15, -0.1) is 12.3 Å². The molecule has 1 aliphatic rings. The summed E-state index contributed by atoms with van der Waals surface area (Å²) in [5.41, 5.74) is 0.0531. The highest BCUT2D eigenvalue weighted by Crippen LogP contribution is 2.38. The van der Waals surface area contributed by atoms with Crippen LogP contribution < -0.4 is 15.4 Å². The molecule has 1 heterocycles. The number of amides is 2. The Kier molecular flexibility index (Phi) is 12.0. The van der Waals surface area contributed by atoms with Gasteiger partial charge in [-0.1, -0.05) is 0 Å². The van der Waals surface area contributed by atoms with Crippen molar-refractivity contribution < 1.29 is 57.9 Å².